The molecule has 0 aliphatic carbocycles. The highest BCUT2D eigenvalue weighted by molar-refractivity contribution is 7.19. The van der Waals surface area contributed by atoms with Crippen molar-refractivity contribution in [3.05, 3.63) is 130 Å². The number of rotatable bonds is 3. The first-order chi connectivity index (χ1) is 16.7. The molecule has 0 aliphatic heterocycles. The zero-order chi connectivity index (χ0) is 23.3. The summed E-state index contributed by atoms with van der Waals surface area (Å²) in [5, 5.41) is 10.00. The molecule has 5 aromatic rings. The SMILES string of the molecule is O=C(O)c1cc2sc(C#Cc3ccccc3)cc2n1C(C#Cc1ccccc1)c1ccccc1. The standard InChI is InChI=1S/C30H19NO2S/c32-30(33)28-21-29-27(20-25(34-29)18-16-22-10-4-1-5-11-22)31(28)26(24-14-8-3-9-15-24)19-17-23-12-6-2-7-13-23/h1-15,20-21,26H,(H,32,33). The van der Waals surface area contributed by atoms with E-state index in [0.29, 0.717) is 0 Å². The zero-order valence-corrected chi connectivity index (χ0v) is 18.9. The second-order valence-electron chi connectivity index (χ2n) is 7.63. The van der Waals surface area contributed by atoms with Crippen LogP contribution >= 0.6 is 11.3 Å². The molecule has 0 aliphatic rings. The second kappa shape index (κ2) is 9.55. The molecule has 0 saturated heterocycles. The van der Waals surface area contributed by atoms with Crippen LogP contribution < -0.4 is 0 Å². The third-order valence-electron chi connectivity index (χ3n) is 5.35. The number of hydrogen-bond donors (Lipinski definition) is 1. The van der Waals surface area contributed by atoms with Gasteiger partial charge in [-0.3, -0.25) is 0 Å². The fraction of sp³-hybridized carbons (Fsp3) is 0.0333. The molecule has 1 atom stereocenters. The zero-order valence-electron chi connectivity index (χ0n) is 18.1. The van der Waals surface area contributed by atoms with Gasteiger partial charge in [-0.2, -0.15) is 0 Å². The van der Waals surface area contributed by atoms with E-state index in [2.05, 4.69) is 23.7 Å². The number of carboxylic acids is 1. The van der Waals surface area contributed by atoms with Gasteiger partial charge in [0.2, 0.25) is 0 Å². The summed E-state index contributed by atoms with van der Waals surface area (Å²) in [5.41, 5.74) is 3.76. The average Bonchev–Trinajstić information content (AvgIpc) is 3.43. The van der Waals surface area contributed by atoms with Crippen LogP contribution in [-0.2, 0) is 0 Å². The van der Waals surface area contributed by atoms with E-state index in [4.69, 9.17) is 0 Å². The lowest BCUT2D eigenvalue weighted by molar-refractivity contribution is 0.0685. The number of hydrogen-bond acceptors (Lipinski definition) is 2. The summed E-state index contributed by atoms with van der Waals surface area (Å²) in [6, 6.07) is 32.5. The van der Waals surface area contributed by atoms with Crippen LogP contribution in [0.5, 0.6) is 0 Å². The van der Waals surface area contributed by atoms with Gasteiger partial charge in [-0.25, -0.2) is 4.79 Å². The summed E-state index contributed by atoms with van der Waals surface area (Å²) in [4.78, 5) is 13.1. The molecule has 0 saturated carbocycles. The van der Waals surface area contributed by atoms with Crippen LogP contribution in [0.3, 0.4) is 0 Å². The Morgan fingerprint density at radius 1 is 0.765 bits per heavy atom. The van der Waals surface area contributed by atoms with Crippen LogP contribution in [-0.4, -0.2) is 15.6 Å². The number of aromatic nitrogens is 1. The van der Waals surface area contributed by atoms with E-state index in [1.807, 2.05) is 102 Å². The van der Waals surface area contributed by atoms with Gasteiger partial charge in [0.05, 0.1) is 15.1 Å². The van der Waals surface area contributed by atoms with Gasteiger partial charge in [-0.1, -0.05) is 90.4 Å². The highest BCUT2D eigenvalue weighted by atomic mass is 32.1. The predicted octanol–water partition coefficient (Wildman–Crippen LogP) is 6.44. The minimum absolute atomic E-state index is 0.208. The van der Waals surface area contributed by atoms with Crippen molar-refractivity contribution in [3.8, 4) is 23.7 Å². The molecule has 1 N–H and O–H groups in total. The summed E-state index contributed by atoms with van der Waals surface area (Å²) in [6.45, 7) is 0. The number of nitrogens with zero attached hydrogens (tertiary/aromatic N) is 1. The molecular formula is C30H19NO2S. The van der Waals surface area contributed by atoms with E-state index in [-0.39, 0.29) is 5.69 Å². The molecule has 1 unspecified atom stereocenters. The number of thiophene rings is 1. The van der Waals surface area contributed by atoms with Gasteiger partial charge in [0.1, 0.15) is 11.7 Å². The highest BCUT2D eigenvalue weighted by Gasteiger charge is 2.23. The van der Waals surface area contributed by atoms with Crippen molar-refractivity contribution >= 4 is 27.5 Å². The molecule has 2 aromatic heterocycles. The lowest BCUT2D eigenvalue weighted by atomic mass is 10.1. The van der Waals surface area contributed by atoms with Gasteiger partial charge in [-0.05, 0) is 42.0 Å². The molecule has 2 heterocycles. The largest absolute Gasteiger partial charge is 0.477 e. The highest BCUT2D eigenvalue weighted by Crippen LogP contribution is 2.33. The van der Waals surface area contributed by atoms with Crippen LogP contribution in [0.2, 0.25) is 0 Å². The fourth-order valence-electron chi connectivity index (χ4n) is 3.78. The van der Waals surface area contributed by atoms with Gasteiger partial charge in [0.25, 0.3) is 0 Å². The van der Waals surface area contributed by atoms with Crippen LogP contribution in [0.4, 0.5) is 0 Å². The van der Waals surface area contributed by atoms with Crippen molar-refractivity contribution in [1.29, 1.82) is 0 Å². The van der Waals surface area contributed by atoms with E-state index in [9.17, 15) is 9.90 Å². The summed E-state index contributed by atoms with van der Waals surface area (Å²) in [5.74, 6) is 12.0. The Kier molecular flexibility index (Phi) is 5.99. The van der Waals surface area contributed by atoms with E-state index in [1.54, 1.807) is 6.07 Å². The number of carboxylic acid groups (broad SMARTS) is 1. The first-order valence-electron chi connectivity index (χ1n) is 10.8. The molecule has 0 bridgehead atoms. The monoisotopic (exact) mass is 457 g/mol. The minimum Gasteiger partial charge on any atom is -0.477 e. The lowest BCUT2D eigenvalue weighted by Gasteiger charge is -2.17. The molecule has 3 nitrogen and oxygen atoms in total. The minimum atomic E-state index is -0.984. The van der Waals surface area contributed by atoms with Crippen LogP contribution in [0.25, 0.3) is 10.2 Å². The van der Waals surface area contributed by atoms with Crippen LogP contribution in [0.15, 0.2) is 103 Å². The van der Waals surface area contributed by atoms with Gasteiger partial charge in [-0.15, -0.1) is 11.3 Å². The van der Waals surface area contributed by atoms with Crippen LogP contribution in [0.1, 0.15) is 38.1 Å². The molecule has 0 spiro atoms. The topological polar surface area (TPSA) is 42.2 Å². The maximum Gasteiger partial charge on any atom is 0.352 e. The number of carbonyl (C=O) groups is 1. The smallest absolute Gasteiger partial charge is 0.352 e. The van der Waals surface area contributed by atoms with Crippen molar-refractivity contribution < 1.29 is 9.90 Å². The fourth-order valence-corrected chi connectivity index (χ4v) is 4.72. The number of fused-ring (bicyclic) bond motifs is 1. The quantitative estimate of drug-likeness (QED) is 0.317. The molecule has 3 aromatic carbocycles. The Labute approximate surface area is 201 Å². The molecular weight excluding hydrogens is 438 g/mol. The van der Waals surface area contributed by atoms with E-state index < -0.39 is 12.0 Å². The maximum absolute atomic E-state index is 12.2. The summed E-state index contributed by atoms with van der Waals surface area (Å²) >= 11 is 1.49. The third kappa shape index (κ3) is 4.50. The molecule has 0 amide bonds. The molecule has 162 valence electrons. The third-order valence-corrected chi connectivity index (χ3v) is 6.34. The Bertz CT molecular complexity index is 1570. The Morgan fingerprint density at radius 2 is 1.35 bits per heavy atom. The molecule has 34 heavy (non-hydrogen) atoms. The molecule has 4 heteroatoms. The van der Waals surface area contributed by atoms with Crippen molar-refractivity contribution in [3.63, 3.8) is 0 Å². The molecule has 0 fully saturated rings. The Hall–Kier alpha value is -4.51. The summed E-state index contributed by atoms with van der Waals surface area (Å²) in [6.07, 6.45) is 0. The second-order valence-corrected chi connectivity index (χ2v) is 8.71. The first-order valence-corrected chi connectivity index (χ1v) is 11.6. The number of benzene rings is 3. The number of aromatic carboxylic acids is 1. The normalized spacial score (nSPS) is 11.2. The average molecular weight is 458 g/mol. The Balaban J connectivity index is 1.66. The Morgan fingerprint density at radius 3 is 1.97 bits per heavy atom. The van der Waals surface area contributed by atoms with E-state index >= 15 is 0 Å². The van der Waals surface area contributed by atoms with Gasteiger partial charge < -0.3 is 9.67 Å². The van der Waals surface area contributed by atoms with Crippen molar-refractivity contribution in [1.82, 2.24) is 4.57 Å². The lowest BCUT2D eigenvalue weighted by Crippen LogP contribution is -2.15. The first kappa shape index (κ1) is 21.3. The van der Waals surface area contributed by atoms with Gasteiger partial charge >= 0.3 is 5.97 Å². The van der Waals surface area contributed by atoms with E-state index in [0.717, 1.165) is 31.8 Å². The summed E-state index contributed by atoms with van der Waals surface area (Å²) < 4.78 is 2.69. The summed E-state index contributed by atoms with van der Waals surface area (Å²) in [7, 11) is 0. The van der Waals surface area contributed by atoms with E-state index in [1.165, 1.54) is 11.3 Å². The maximum atomic E-state index is 12.2. The van der Waals surface area contributed by atoms with Crippen molar-refractivity contribution in [2.45, 2.75) is 6.04 Å². The van der Waals surface area contributed by atoms with Gasteiger partial charge in [0.15, 0.2) is 0 Å². The van der Waals surface area contributed by atoms with Crippen LogP contribution in [0, 0.1) is 23.7 Å². The van der Waals surface area contributed by atoms with Crippen molar-refractivity contribution in [2.75, 3.05) is 0 Å². The predicted molar refractivity (Wildman–Crippen MR) is 137 cm³/mol. The van der Waals surface area contributed by atoms with Crippen molar-refractivity contribution in [2.24, 2.45) is 0 Å². The molecule has 0 radical (unpaired) electrons. The van der Waals surface area contributed by atoms with Gasteiger partial charge in [0, 0.05) is 11.1 Å². The molecule has 5 rings (SSSR count).